The fourth-order valence-electron chi connectivity index (χ4n) is 4.09. The minimum Gasteiger partial charge on any atom is -0.338 e. The van der Waals surface area contributed by atoms with Crippen molar-refractivity contribution >= 4 is 11.8 Å². The molecule has 0 saturated carbocycles. The molecule has 0 bridgehead atoms. The minimum absolute atomic E-state index is 0.0894. The van der Waals surface area contributed by atoms with E-state index in [0.717, 1.165) is 19.5 Å². The SMILES string of the molecule is O=C(c1cccc(F)c1)N1CCN(C(=O)C2NNC3CCNCC32)CC1. The lowest BCUT2D eigenvalue weighted by Gasteiger charge is -2.37. The Morgan fingerprint density at radius 2 is 1.85 bits per heavy atom. The molecule has 26 heavy (non-hydrogen) atoms. The predicted molar refractivity (Wildman–Crippen MR) is 93.7 cm³/mol. The summed E-state index contributed by atoms with van der Waals surface area (Å²) in [6.45, 7) is 3.74. The minimum atomic E-state index is -0.417. The molecule has 140 valence electrons. The molecule has 3 unspecified atom stereocenters. The summed E-state index contributed by atoms with van der Waals surface area (Å²) in [4.78, 5) is 28.9. The fourth-order valence-corrected chi connectivity index (χ4v) is 4.09. The summed E-state index contributed by atoms with van der Waals surface area (Å²) in [5.74, 6) is -0.260. The van der Waals surface area contributed by atoms with E-state index in [1.165, 1.54) is 18.2 Å². The van der Waals surface area contributed by atoms with Crippen molar-refractivity contribution < 1.29 is 14.0 Å². The molecule has 0 aliphatic carbocycles. The van der Waals surface area contributed by atoms with Gasteiger partial charge < -0.3 is 15.1 Å². The van der Waals surface area contributed by atoms with E-state index in [2.05, 4.69) is 16.2 Å². The molecule has 0 spiro atoms. The number of hydrogen-bond donors (Lipinski definition) is 3. The van der Waals surface area contributed by atoms with Crippen LogP contribution >= 0.6 is 0 Å². The maximum absolute atomic E-state index is 13.3. The zero-order valence-corrected chi connectivity index (χ0v) is 14.6. The van der Waals surface area contributed by atoms with Crippen molar-refractivity contribution in [2.45, 2.75) is 18.5 Å². The molecule has 2 amide bonds. The van der Waals surface area contributed by atoms with E-state index < -0.39 is 5.82 Å². The van der Waals surface area contributed by atoms with Gasteiger partial charge in [0.1, 0.15) is 11.9 Å². The Hall–Kier alpha value is -2.03. The Kier molecular flexibility index (Phi) is 4.88. The third-order valence-corrected chi connectivity index (χ3v) is 5.60. The summed E-state index contributed by atoms with van der Waals surface area (Å²) in [6, 6.07) is 5.84. The second kappa shape index (κ2) is 7.30. The van der Waals surface area contributed by atoms with Crippen molar-refractivity contribution in [2.24, 2.45) is 5.92 Å². The van der Waals surface area contributed by atoms with Gasteiger partial charge in [0, 0.05) is 50.2 Å². The van der Waals surface area contributed by atoms with Gasteiger partial charge in [-0.15, -0.1) is 0 Å². The van der Waals surface area contributed by atoms with Crippen LogP contribution in [-0.2, 0) is 4.79 Å². The quantitative estimate of drug-likeness (QED) is 0.666. The number of rotatable bonds is 2. The van der Waals surface area contributed by atoms with Gasteiger partial charge in [0.25, 0.3) is 5.91 Å². The number of nitrogens with zero attached hydrogens (tertiary/aromatic N) is 2. The van der Waals surface area contributed by atoms with Gasteiger partial charge in [0.05, 0.1) is 0 Å². The van der Waals surface area contributed by atoms with E-state index in [1.54, 1.807) is 11.0 Å². The fraction of sp³-hybridized carbons (Fsp3) is 0.556. The van der Waals surface area contributed by atoms with Crippen molar-refractivity contribution in [3.05, 3.63) is 35.6 Å². The average molecular weight is 361 g/mol. The largest absolute Gasteiger partial charge is 0.338 e. The van der Waals surface area contributed by atoms with E-state index in [9.17, 15) is 14.0 Å². The normalized spacial score (nSPS) is 28.7. The second-order valence-corrected chi connectivity index (χ2v) is 7.16. The molecule has 0 radical (unpaired) electrons. The van der Waals surface area contributed by atoms with Crippen molar-refractivity contribution in [3.8, 4) is 0 Å². The molecule has 1 aromatic carbocycles. The first-order chi connectivity index (χ1) is 12.6. The lowest BCUT2D eigenvalue weighted by molar-refractivity contribution is -0.135. The van der Waals surface area contributed by atoms with Gasteiger partial charge in [-0.3, -0.25) is 15.0 Å². The Morgan fingerprint density at radius 1 is 1.08 bits per heavy atom. The molecule has 3 aliphatic rings. The highest BCUT2D eigenvalue weighted by atomic mass is 19.1. The number of benzene rings is 1. The lowest BCUT2D eigenvalue weighted by atomic mass is 9.89. The van der Waals surface area contributed by atoms with Crippen molar-refractivity contribution in [1.29, 1.82) is 0 Å². The number of halogens is 1. The van der Waals surface area contributed by atoms with Crippen LogP contribution in [0.15, 0.2) is 24.3 Å². The molecule has 3 fully saturated rings. The summed E-state index contributed by atoms with van der Waals surface area (Å²) < 4.78 is 13.3. The van der Waals surface area contributed by atoms with Crippen LogP contribution in [0.4, 0.5) is 4.39 Å². The van der Waals surface area contributed by atoms with E-state index >= 15 is 0 Å². The summed E-state index contributed by atoms with van der Waals surface area (Å²) in [7, 11) is 0. The van der Waals surface area contributed by atoms with Crippen LogP contribution in [0.5, 0.6) is 0 Å². The summed E-state index contributed by atoms with van der Waals surface area (Å²) in [5.41, 5.74) is 6.75. The predicted octanol–water partition coefficient (Wildman–Crippen LogP) is -0.435. The third kappa shape index (κ3) is 3.32. The first kappa shape index (κ1) is 17.4. The lowest BCUT2D eigenvalue weighted by Crippen LogP contribution is -2.56. The number of carbonyl (C=O) groups is 2. The van der Waals surface area contributed by atoms with Gasteiger partial charge >= 0.3 is 0 Å². The molecule has 8 heteroatoms. The summed E-state index contributed by atoms with van der Waals surface area (Å²) in [5, 5.41) is 3.35. The van der Waals surface area contributed by atoms with E-state index in [4.69, 9.17) is 0 Å². The van der Waals surface area contributed by atoms with E-state index in [0.29, 0.717) is 37.8 Å². The molecule has 3 atom stereocenters. The second-order valence-electron chi connectivity index (χ2n) is 7.16. The standard InChI is InChI=1S/C18H24FN5O2/c19-13-3-1-2-12(10-13)17(25)23-6-8-24(9-7-23)18(26)16-14-11-20-5-4-15(14)21-22-16/h1-3,10,14-16,20-22H,4-9,11H2. The van der Waals surface area contributed by atoms with Gasteiger partial charge in [-0.1, -0.05) is 6.07 Å². The van der Waals surface area contributed by atoms with Crippen molar-refractivity contribution in [1.82, 2.24) is 26.0 Å². The highest BCUT2D eigenvalue weighted by Gasteiger charge is 2.43. The zero-order chi connectivity index (χ0) is 18.1. The number of nitrogens with one attached hydrogen (secondary N) is 3. The average Bonchev–Trinajstić information content (AvgIpc) is 3.11. The number of fused-ring (bicyclic) bond motifs is 1. The zero-order valence-electron chi connectivity index (χ0n) is 14.6. The first-order valence-electron chi connectivity index (χ1n) is 9.19. The molecule has 3 saturated heterocycles. The maximum Gasteiger partial charge on any atom is 0.254 e. The van der Waals surface area contributed by atoms with E-state index in [-0.39, 0.29) is 23.8 Å². The van der Waals surface area contributed by atoms with E-state index in [1.807, 2.05) is 4.90 Å². The van der Waals surface area contributed by atoms with Gasteiger partial charge in [-0.05, 0) is 31.2 Å². The monoisotopic (exact) mass is 361 g/mol. The molecule has 3 N–H and O–H groups in total. The van der Waals surface area contributed by atoms with Crippen molar-refractivity contribution in [2.75, 3.05) is 39.3 Å². The number of piperazine rings is 1. The van der Waals surface area contributed by atoms with Crippen LogP contribution in [0.1, 0.15) is 16.8 Å². The molecular formula is C18H24FN5O2. The number of hydrazine groups is 1. The molecule has 3 aliphatic heterocycles. The van der Waals surface area contributed by atoms with Crippen molar-refractivity contribution in [3.63, 3.8) is 0 Å². The summed E-state index contributed by atoms with van der Waals surface area (Å²) >= 11 is 0. The van der Waals surface area contributed by atoms with Gasteiger partial charge in [-0.2, -0.15) is 0 Å². The van der Waals surface area contributed by atoms with Crippen LogP contribution in [0, 0.1) is 11.7 Å². The van der Waals surface area contributed by atoms with Crippen LogP contribution in [0.25, 0.3) is 0 Å². The molecule has 3 heterocycles. The number of piperidine rings is 1. The highest BCUT2D eigenvalue weighted by molar-refractivity contribution is 5.94. The third-order valence-electron chi connectivity index (χ3n) is 5.60. The molecule has 4 rings (SSSR count). The Balaban J connectivity index is 1.34. The number of amides is 2. The molecule has 0 aromatic heterocycles. The maximum atomic E-state index is 13.3. The van der Waals surface area contributed by atoms with Gasteiger partial charge in [0.15, 0.2) is 0 Å². The summed E-state index contributed by atoms with van der Waals surface area (Å²) in [6.07, 6.45) is 1.01. The Morgan fingerprint density at radius 3 is 2.62 bits per heavy atom. The van der Waals surface area contributed by atoms with Gasteiger partial charge in [0.2, 0.25) is 5.91 Å². The van der Waals surface area contributed by atoms with Crippen LogP contribution in [-0.4, -0.2) is 73.0 Å². The molecule has 7 nitrogen and oxygen atoms in total. The molecular weight excluding hydrogens is 337 g/mol. The van der Waals surface area contributed by atoms with Gasteiger partial charge in [-0.25, -0.2) is 9.82 Å². The Bertz CT molecular complexity index is 692. The number of carbonyl (C=O) groups excluding carboxylic acids is 2. The van der Waals surface area contributed by atoms with Crippen LogP contribution in [0.2, 0.25) is 0 Å². The molecule has 1 aromatic rings. The number of hydrogen-bond acceptors (Lipinski definition) is 5. The van der Waals surface area contributed by atoms with Crippen LogP contribution in [0.3, 0.4) is 0 Å². The van der Waals surface area contributed by atoms with Crippen LogP contribution < -0.4 is 16.2 Å². The highest BCUT2D eigenvalue weighted by Crippen LogP contribution is 2.22. The Labute approximate surface area is 151 Å². The topological polar surface area (TPSA) is 76.7 Å². The smallest absolute Gasteiger partial charge is 0.254 e. The first-order valence-corrected chi connectivity index (χ1v) is 9.19.